The molecule has 3 aliphatic rings. The van der Waals surface area contributed by atoms with E-state index in [-0.39, 0.29) is 11.8 Å². The van der Waals surface area contributed by atoms with E-state index in [1.165, 1.54) is 4.90 Å². The third-order valence-electron chi connectivity index (χ3n) is 6.40. The van der Waals surface area contributed by atoms with E-state index in [0.29, 0.717) is 28.6 Å². The Bertz CT molecular complexity index is 1080. The summed E-state index contributed by atoms with van der Waals surface area (Å²) in [5.41, 5.74) is -0.677. The molecule has 1 N–H and O–H groups in total. The first kappa shape index (κ1) is 16.4. The molecule has 3 saturated heterocycles. The summed E-state index contributed by atoms with van der Waals surface area (Å²) in [4.78, 5) is 32.0. The lowest BCUT2D eigenvalue weighted by Gasteiger charge is -2.31. The fourth-order valence-corrected chi connectivity index (χ4v) is 5.20. The number of nitriles is 1. The third-order valence-corrected chi connectivity index (χ3v) is 6.40. The van der Waals surface area contributed by atoms with Crippen LogP contribution in [0.5, 0.6) is 0 Å². The number of nitrogens with zero attached hydrogens (tertiary/aromatic N) is 3. The summed E-state index contributed by atoms with van der Waals surface area (Å²) in [6, 6.07) is 8.73. The number of rotatable bonds is 1. The number of benzene rings is 1. The van der Waals surface area contributed by atoms with Crippen molar-refractivity contribution in [3.8, 4) is 6.07 Å². The average molecular weight is 363 g/mol. The molecule has 7 nitrogen and oxygen atoms in total. The number of fused-ring (bicyclic) bond motifs is 6. The summed E-state index contributed by atoms with van der Waals surface area (Å²) in [6.07, 6.45) is 1.11. The van der Waals surface area contributed by atoms with E-state index in [4.69, 9.17) is 4.74 Å². The Labute approximate surface area is 155 Å². The number of pyridine rings is 1. The molecule has 0 spiro atoms. The number of carbonyl (C=O) groups excluding carboxylic acids is 2. The molecule has 3 aliphatic heterocycles. The lowest BCUT2D eigenvalue weighted by Crippen LogP contribution is -2.49. The van der Waals surface area contributed by atoms with Gasteiger partial charge in [0.25, 0.3) is 0 Å². The molecule has 27 heavy (non-hydrogen) atoms. The van der Waals surface area contributed by atoms with Gasteiger partial charge in [-0.25, -0.2) is 4.90 Å². The van der Waals surface area contributed by atoms with Gasteiger partial charge in [-0.05, 0) is 38.1 Å². The molecule has 2 amide bonds. The molecule has 5 atom stereocenters. The molecule has 5 rings (SSSR count). The monoisotopic (exact) mass is 363 g/mol. The van der Waals surface area contributed by atoms with Crippen LogP contribution in [-0.2, 0) is 14.3 Å². The summed E-state index contributed by atoms with van der Waals surface area (Å²) >= 11 is 0. The van der Waals surface area contributed by atoms with Crippen molar-refractivity contribution in [1.29, 1.82) is 5.26 Å². The standard InChI is InChI=1S/C20H17N3O4/c1-19-8-13(24)20(2,27-19)15-14(19)17(25)23(18(15)26)12-6-5-10(9-21)16-11(12)4-3-7-22-16/h3-7,13-15,24H,8H2,1-2H3/t13-,14+,15-,19?,20?/m1/s1. The molecule has 0 saturated carbocycles. The predicted molar refractivity (Wildman–Crippen MR) is 94.4 cm³/mol. The summed E-state index contributed by atoms with van der Waals surface area (Å²) in [5.74, 6) is -2.04. The Morgan fingerprint density at radius 1 is 1.26 bits per heavy atom. The number of amides is 2. The lowest BCUT2D eigenvalue weighted by atomic mass is 9.67. The van der Waals surface area contributed by atoms with Gasteiger partial charge in [-0.2, -0.15) is 5.26 Å². The fourth-order valence-electron chi connectivity index (χ4n) is 5.20. The maximum Gasteiger partial charge on any atom is 0.240 e. The van der Waals surface area contributed by atoms with Crippen LogP contribution in [0.15, 0.2) is 30.5 Å². The minimum absolute atomic E-state index is 0.321. The Balaban J connectivity index is 1.69. The molecule has 7 heteroatoms. The quantitative estimate of drug-likeness (QED) is 0.771. The van der Waals surface area contributed by atoms with Gasteiger partial charge in [0.05, 0.1) is 40.3 Å². The molecule has 3 fully saturated rings. The zero-order chi connectivity index (χ0) is 19.1. The van der Waals surface area contributed by atoms with Crippen LogP contribution >= 0.6 is 0 Å². The number of hydrogen-bond acceptors (Lipinski definition) is 6. The third kappa shape index (κ3) is 1.79. The maximum atomic E-state index is 13.3. The first-order valence-electron chi connectivity index (χ1n) is 8.86. The second-order valence-electron chi connectivity index (χ2n) is 7.93. The van der Waals surface area contributed by atoms with Crippen molar-refractivity contribution in [3.63, 3.8) is 0 Å². The molecule has 1 aromatic carbocycles. The summed E-state index contributed by atoms with van der Waals surface area (Å²) in [5, 5.41) is 20.3. The molecule has 0 aliphatic carbocycles. The molecular formula is C20H17N3O4. The predicted octanol–water partition coefficient (Wildman–Crippen LogP) is 1.52. The SMILES string of the molecule is CC12C[C@@H](O)C(C)(O1)[C@H]1C(=O)N(c3ccc(C#N)c4ncccc34)C(=O)[C@H]12. The van der Waals surface area contributed by atoms with E-state index in [1.54, 1.807) is 44.3 Å². The van der Waals surface area contributed by atoms with E-state index in [0.717, 1.165) is 0 Å². The molecule has 0 radical (unpaired) electrons. The maximum absolute atomic E-state index is 13.3. The van der Waals surface area contributed by atoms with Crippen LogP contribution in [0.2, 0.25) is 0 Å². The number of anilines is 1. The second kappa shape index (κ2) is 4.91. The number of aliphatic hydroxyl groups excluding tert-OH is 1. The highest BCUT2D eigenvalue weighted by molar-refractivity contribution is 6.26. The van der Waals surface area contributed by atoms with Crippen LogP contribution in [0.3, 0.4) is 0 Å². The number of aliphatic hydroxyl groups is 1. The Kier molecular flexibility index (Phi) is 2.98. The topological polar surface area (TPSA) is 104 Å². The van der Waals surface area contributed by atoms with Gasteiger partial charge >= 0.3 is 0 Å². The van der Waals surface area contributed by atoms with Crippen LogP contribution in [0.25, 0.3) is 10.9 Å². The van der Waals surface area contributed by atoms with Crippen molar-refractivity contribution >= 4 is 28.4 Å². The van der Waals surface area contributed by atoms with Gasteiger partial charge < -0.3 is 9.84 Å². The van der Waals surface area contributed by atoms with Gasteiger partial charge in [0.1, 0.15) is 11.7 Å². The highest BCUT2D eigenvalue weighted by Crippen LogP contribution is 2.61. The van der Waals surface area contributed by atoms with Crippen molar-refractivity contribution in [1.82, 2.24) is 4.98 Å². The second-order valence-corrected chi connectivity index (χ2v) is 7.93. The number of hydrogen-bond donors (Lipinski definition) is 1. The molecule has 1 aromatic heterocycles. The Morgan fingerprint density at radius 3 is 2.74 bits per heavy atom. The molecular weight excluding hydrogens is 346 g/mol. The van der Waals surface area contributed by atoms with Crippen LogP contribution in [0.1, 0.15) is 25.8 Å². The van der Waals surface area contributed by atoms with Crippen molar-refractivity contribution in [2.75, 3.05) is 4.90 Å². The summed E-state index contributed by atoms with van der Waals surface area (Å²) in [7, 11) is 0. The number of aromatic nitrogens is 1. The first-order chi connectivity index (χ1) is 12.8. The summed E-state index contributed by atoms with van der Waals surface area (Å²) < 4.78 is 6.00. The van der Waals surface area contributed by atoms with E-state index < -0.39 is 29.1 Å². The summed E-state index contributed by atoms with van der Waals surface area (Å²) in [6.45, 7) is 3.50. The van der Waals surface area contributed by atoms with E-state index in [9.17, 15) is 20.0 Å². The largest absolute Gasteiger partial charge is 0.390 e. The van der Waals surface area contributed by atoms with Crippen LogP contribution in [-0.4, -0.2) is 39.2 Å². The normalized spacial score (nSPS) is 37.1. The van der Waals surface area contributed by atoms with E-state index in [1.807, 2.05) is 0 Å². The van der Waals surface area contributed by atoms with E-state index in [2.05, 4.69) is 11.1 Å². The zero-order valence-electron chi connectivity index (χ0n) is 14.8. The minimum Gasteiger partial charge on any atom is -0.390 e. The van der Waals surface area contributed by atoms with Gasteiger partial charge in [0.2, 0.25) is 11.8 Å². The van der Waals surface area contributed by atoms with E-state index >= 15 is 0 Å². The van der Waals surface area contributed by atoms with Crippen LogP contribution in [0, 0.1) is 23.2 Å². The minimum atomic E-state index is -1.07. The smallest absolute Gasteiger partial charge is 0.240 e. The van der Waals surface area contributed by atoms with Crippen LogP contribution in [0.4, 0.5) is 5.69 Å². The molecule has 4 heterocycles. The number of ether oxygens (including phenoxy) is 1. The Morgan fingerprint density at radius 2 is 2.00 bits per heavy atom. The van der Waals surface area contributed by atoms with Crippen molar-refractivity contribution in [2.24, 2.45) is 11.8 Å². The van der Waals surface area contributed by atoms with Crippen molar-refractivity contribution in [3.05, 3.63) is 36.0 Å². The number of imide groups is 1. The van der Waals surface area contributed by atoms with Gasteiger partial charge in [-0.15, -0.1) is 0 Å². The lowest BCUT2D eigenvalue weighted by molar-refractivity contribution is -0.132. The Hall–Kier alpha value is -2.82. The van der Waals surface area contributed by atoms with Crippen molar-refractivity contribution < 1.29 is 19.4 Å². The van der Waals surface area contributed by atoms with Crippen LogP contribution < -0.4 is 4.90 Å². The first-order valence-corrected chi connectivity index (χ1v) is 8.86. The molecule has 2 bridgehead atoms. The molecule has 2 unspecified atom stereocenters. The fraction of sp³-hybridized carbons (Fsp3) is 0.400. The average Bonchev–Trinajstić information content (AvgIpc) is 3.15. The zero-order valence-corrected chi connectivity index (χ0v) is 14.8. The highest BCUT2D eigenvalue weighted by Gasteiger charge is 2.75. The van der Waals surface area contributed by atoms with Gasteiger partial charge in [0.15, 0.2) is 0 Å². The number of carbonyl (C=O) groups is 2. The van der Waals surface area contributed by atoms with Gasteiger partial charge in [-0.1, -0.05) is 0 Å². The highest BCUT2D eigenvalue weighted by atomic mass is 16.6. The van der Waals surface area contributed by atoms with Crippen molar-refractivity contribution in [2.45, 2.75) is 37.6 Å². The van der Waals surface area contributed by atoms with Gasteiger partial charge in [-0.3, -0.25) is 14.6 Å². The molecule has 136 valence electrons. The van der Waals surface area contributed by atoms with Gasteiger partial charge in [0, 0.05) is 18.0 Å². The molecule has 2 aromatic rings.